The molecular weight excluding hydrogens is 296 g/mol. The van der Waals surface area contributed by atoms with Crippen LogP contribution in [0.25, 0.3) is 10.8 Å². The number of ether oxygens (including phenoxy) is 1. The van der Waals surface area contributed by atoms with E-state index in [9.17, 15) is 4.79 Å². The molecule has 0 unspecified atom stereocenters. The van der Waals surface area contributed by atoms with Crippen LogP contribution in [0, 0.1) is 17.4 Å². The normalized spacial score (nSPS) is 10.0. The first-order valence-corrected chi connectivity index (χ1v) is 5.87. The molecule has 1 radical (unpaired) electrons. The average Bonchev–Trinajstić information content (AvgIpc) is 2.37. The zero-order valence-corrected chi connectivity index (χ0v) is 10.8. The number of primary amides is 1. The van der Waals surface area contributed by atoms with Crippen LogP contribution in [0.2, 0.25) is 0 Å². The molecule has 0 aliphatic carbocycles. The Morgan fingerprint density at radius 1 is 1.44 bits per heavy atom. The summed E-state index contributed by atoms with van der Waals surface area (Å²) in [6.45, 7) is -0.0360. The molecule has 0 aromatic heterocycles. The summed E-state index contributed by atoms with van der Waals surface area (Å²) < 4.78 is 5.95. The number of nitrogens with two attached hydrogens (primary N) is 1. The Hall–Kier alpha value is -2.06. The highest BCUT2D eigenvalue weighted by Crippen LogP contribution is 2.34. The van der Waals surface area contributed by atoms with Gasteiger partial charge in [0.25, 0.3) is 0 Å². The minimum atomic E-state index is -0.529. The largest absolute Gasteiger partial charge is 0.478 e. The lowest BCUT2D eigenvalue weighted by molar-refractivity contribution is 0.100. The zero-order chi connectivity index (χ0) is 13.1. The second kappa shape index (κ2) is 5.07. The molecule has 0 atom stereocenters. The number of benzene rings is 2. The molecule has 0 saturated carbocycles. The van der Waals surface area contributed by atoms with Crippen LogP contribution in [-0.2, 0) is 0 Å². The molecule has 0 bridgehead atoms. The lowest BCUT2D eigenvalue weighted by Gasteiger charge is -2.09. The predicted octanol–water partition coefficient (Wildman–Crippen LogP) is 2.40. The van der Waals surface area contributed by atoms with Gasteiger partial charge in [-0.1, -0.05) is 12.1 Å². The Labute approximate surface area is 112 Å². The number of nitrogens with zero attached hydrogens (tertiary/aromatic N) is 1. The van der Waals surface area contributed by atoms with Crippen LogP contribution in [0.4, 0.5) is 0 Å². The molecule has 0 aliphatic heterocycles. The van der Waals surface area contributed by atoms with Gasteiger partial charge in [-0.2, -0.15) is 5.26 Å². The van der Waals surface area contributed by atoms with E-state index >= 15 is 0 Å². The quantitative estimate of drug-likeness (QED) is 0.946. The molecule has 2 aromatic carbocycles. The molecule has 0 spiro atoms. The number of nitriles is 1. The lowest BCUT2D eigenvalue weighted by Crippen LogP contribution is -2.11. The van der Waals surface area contributed by atoms with Gasteiger partial charge in [-0.05, 0) is 39.5 Å². The molecular formula is C13H8BrN2O2. The van der Waals surface area contributed by atoms with Gasteiger partial charge in [0.1, 0.15) is 11.8 Å². The molecule has 1 amide bonds. The predicted molar refractivity (Wildman–Crippen MR) is 70.1 cm³/mol. The van der Waals surface area contributed by atoms with Gasteiger partial charge in [0.2, 0.25) is 5.91 Å². The summed E-state index contributed by atoms with van der Waals surface area (Å²) in [7, 11) is 0. The number of fused-ring (bicyclic) bond motifs is 1. The van der Waals surface area contributed by atoms with E-state index in [2.05, 4.69) is 22.0 Å². The van der Waals surface area contributed by atoms with Gasteiger partial charge in [0.05, 0.1) is 10.0 Å². The van der Waals surface area contributed by atoms with Gasteiger partial charge in [-0.15, -0.1) is 0 Å². The van der Waals surface area contributed by atoms with Crippen LogP contribution in [0.3, 0.4) is 0 Å². The molecule has 5 heteroatoms. The van der Waals surface area contributed by atoms with E-state index in [0.717, 1.165) is 5.39 Å². The van der Waals surface area contributed by atoms with Gasteiger partial charge < -0.3 is 10.5 Å². The Balaban J connectivity index is 2.62. The van der Waals surface area contributed by atoms with Gasteiger partial charge in [-0.3, -0.25) is 4.79 Å². The van der Waals surface area contributed by atoms with Gasteiger partial charge >= 0.3 is 0 Å². The molecule has 0 heterocycles. The SMILES string of the molecule is N#CCOc1ccc2c(C(N)=O)[c]ccc2c1Br. The van der Waals surface area contributed by atoms with Gasteiger partial charge in [0, 0.05) is 5.39 Å². The Bertz CT molecular complexity index is 662. The van der Waals surface area contributed by atoms with Crippen LogP contribution in [0.5, 0.6) is 5.75 Å². The number of hydrogen-bond donors (Lipinski definition) is 1. The summed E-state index contributed by atoms with van der Waals surface area (Å²) in [6.07, 6.45) is 0. The van der Waals surface area contributed by atoms with Crippen LogP contribution >= 0.6 is 15.9 Å². The fourth-order valence-corrected chi connectivity index (χ4v) is 2.26. The standard InChI is InChI=1S/C13H8BrN2O2/c14-12-9-2-1-3-10(13(16)17)8(9)4-5-11(12)18-7-6-15/h1-2,4-5H,7H2,(H2,16,17). The summed E-state index contributed by atoms with van der Waals surface area (Å²) in [4.78, 5) is 11.3. The molecule has 2 rings (SSSR count). The number of carbonyl (C=O) groups is 1. The molecule has 4 nitrogen and oxygen atoms in total. The molecule has 18 heavy (non-hydrogen) atoms. The monoisotopic (exact) mass is 303 g/mol. The second-order valence-electron chi connectivity index (χ2n) is 3.50. The molecule has 0 aliphatic rings. The van der Waals surface area contributed by atoms with Gasteiger partial charge in [0.15, 0.2) is 6.61 Å². The maximum atomic E-state index is 11.3. The van der Waals surface area contributed by atoms with Crippen molar-refractivity contribution in [3.63, 3.8) is 0 Å². The topological polar surface area (TPSA) is 76.1 Å². The number of amides is 1. The third kappa shape index (κ3) is 2.15. The minimum absolute atomic E-state index is 0.0360. The maximum absolute atomic E-state index is 11.3. The fourth-order valence-electron chi connectivity index (χ4n) is 1.67. The van der Waals surface area contributed by atoms with Crippen LogP contribution in [0.15, 0.2) is 28.7 Å². The first-order chi connectivity index (χ1) is 8.65. The summed E-state index contributed by atoms with van der Waals surface area (Å²) >= 11 is 3.39. The van der Waals surface area contributed by atoms with Crippen molar-refractivity contribution >= 4 is 32.6 Å². The van der Waals surface area contributed by atoms with Crippen molar-refractivity contribution in [2.24, 2.45) is 5.73 Å². The zero-order valence-electron chi connectivity index (χ0n) is 9.24. The Kier molecular flexibility index (Phi) is 3.49. The van der Waals surface area contributed by atoms with Crippen molar-refractivity contribution in [3.8, 4) is 11.8 Å². The van der Waals surface area contributed by atoms with Crippen LogP contribution in [0.1, 0.15) is 10.4 Å². The molecule has 2 N–H and O–H groups in total. The average molecular weight is 304 g/mol. The highest BCUT2D eigenvalue weighted by atomic mass is 79.9. The third-order valence-corrected chi connectivity index (χ3v) is 3.25. The summed E-state index contributed by atoms with van der Waals surface area (Å²) in [6, 6.07) is 11.5. The number of carbonyl (C=O) groups excluding carboxylic acids is 1. The van der Waals surface area contributed by atoms with Crippen LogP contribution in [-0.4, -0.2) is 12.5 Å². The van der Waals surface area contributed by atoms with E-state index in [1.54, 1.807) is 24.3 Å². The smallest absolute Gasteiger partial charge is 0.249 e. The van der Waals surface area contributed by atoms with Crippen molar-refractivity contribution in [1.82, 2.24) is 0 Å². The highest BCUT2D eigenvalue weighted by molar-refractivity contribution is 9.10. The van der Waals surface area contributed by atoms with E-state index < -0.39 is 5.91 Å². The summed E-state index contributed by atoms with van der Waals surface area (Å²) in [5.74, 6) is 0.0175. The maximum Gasteiger partial charge on any atom is 0.249 e. The molecule has 89 valence electrons. The van der Waals surface area contributed by atoms with Crippen molar-refractivity contribution in [2.75, 3.05) is 6.61 Å². The highest BCUT2D eigenvalue weighted by Gasteiger charge is 2.11. The van der Waals surface area contributed by atoms with E-state index in [1.807, 2.05) is 6.07 Å². The summed E-state index contributed by atoms with van der Waals surface area (Å²) in [5.41, 5.74) is 5.62. The second-order valence-corrected chi connectivity index (χ2v) is 4.30. The number of rotatable bonds is 3. The van der Waals surface area contributed by atoms with Crippen LogP contribution < -0.4 is 10.5 Å². The Morgan fingerprint density at radius 2 is 2.22 bits per heavy atom. The van der Waals surface area contributed by atoms with Crippen molar-refractivity contribution in [1.29, 1.82) is 5.26 Å². The molecule has 2 aromatic rings. The fraction of sp³-hybridized carbons (Fsp3) is 0.0769. The number of hydrogen-bond acceptors (Lipinski definition) is 3. The van der Waals surface area contributed by atoms with Gasteiger partial charge in [-0.25, -0.2) is 0 Å². The Morgan fingerprint density at radius 3 is 2.89 bits per heavy atom. The van der Waals surface area contributed by atoms with E-state index in [0.29, 0.717) is 21.2 Å². The van der Waals surface area contributed by atoms with E-state index in [-0.39, 0.29) is 6.61 Å². The van der Waals surface area contributed by atoms with Crippen molar-refractivity contribution < 1.29 is 9.53 Å². The number of halogens is 1. The first-order valence-electron chi connectivity index (χ1n) is 5.07. The molecule has 0 saturated heterocycles. The molecule has 0 fully saturated rings. The summed E-state index contributed by atoms with van der Waals surface area (Å²) in [5, 5.41) is 9.98. The van der Waals surface area contributed by atoms with Crippen molar-refractivity contribution in [2.45, 2.75) is 0 Å². The lowest BCUT2D eigenvalue weighted by atomic mass is 10.0. The minimum Gasteiger partial charge on any atom is -0.478 e. The first kappa shape index (κ1) is 12.4. The van der Waals surface area contributed by atoms with E-state index in [1.165, 1.54) is 0 Å². The van der Waals surface area contributed by atoms with Crippen molar-refractivity contribution in [3.05, 3.63) is 40.4 Å². The third-order valence-electron chi connectivity index (χ3n) is 2.43. The van der Waals surface area contributed by atoms with E-state index in [4.69, 9.17) is 15.7 Å².